The normalized spacial score (nSPS) is 9.12. The van der Waals surface area contributed by atoms with Gasteiger partial charge in [-0.15, -0.1) is 0 Å². The average molecular weight is 485 g/mol. The Kier molecular flexibility index (Phi) is 23.6. The quantitative estimate of drug-likeness (QED) is 0.301. The fraction of sp³-hybridized carbons (Fsp3) is 0. The molecule has 0 aliphatic rings. The first-order valence-corrected chi connectivity index (χ1v) is 5.24. The molecule has 0 unspecified atom stereocenters. The minimum atomic E-state index is -1.55. The van der Waals surface area contributed by atoms with E-state index in [9.17, 15) is 44.1 Å². The SMILES string of the molecule is O=C(O)/C=C/C(=O)O.O=C([O-])/C=C/C(=O)O.O=C([O-])/C=C\C(=O)[O-].[Ce+3]. The Bertz CT molecular complexity index is 444. The number of carboxylic acids is 6. The van der Waals surface area contributed by atoms with E-state index >= 15 is 0 Å². The Balaban J connectivity index is -0.000000130. The van der Waals surface area contributed by atoms with Crippen molar-refractivity contribution in [2.45, 2.75) is 0 Å². The second kappa shape index (κ2) is 19.5. The summed E-state index contributed by atoms with van der Waals surface area (Å²) in [7, 11) is 0. The molecule has 0 aromatic heterocycles. The summed E-state index contributed by atoms with van der Waals surface area (Å²) in [5.41, 5.74) is 0. The zero-order valence-electron chi connectivity index (χ0n) is 12.0. The molecule has 0 heterocycles. The zero-order valence-corrected chi connectivity index (χ0v) is 15.1. The molecule has 0 amide bonds. The summed E-state index contributed by atoms with van der Waals surface area (Å²) in [4.78, 5) is 56.9. The summed E-state index contributed by atoms with van der Waals surface area (Å²) in [5, 5.41) is 51.7. The van der Waals surface area contributed by atoms with E-state index in [1.807, 2.05) is 0 Å². The second-order valence-electron chi connectivity index (χ2n) is 2.97. The van der Waals surface area contributed by atoms with Crippen LogP contribution in [0.4, 0.5) is 0 Å². The molecule has 0 bridgehead atoms. The molecule has 0 atom stereocenters. The van der Waals surface area contributed by atoms with Crippen molar-refractivity contribution < 1.29 is 101 Å². The molecule has 13 heteroatoms. The van der Waals surface area contributed by atoms with Gasteiger partial charge in [0.2, 0.25) is 0 Å². The van der Waals surface area contributed by atoms with Gasteiger partial charge in [0, 0.05) is 18.2 Å². The number of hydrogen-bond acceptors (Lipinski definition) is 9. The summed E-state index contributed by atoms with van der Waals surface area (Å²) in [6.45, 7) is 0. The van der Waals surface area contributed by atoms with Crippen LogP contribution in [0.5, 0.6) is 0 Å². The van der Waals surface area contributed by atoms with Crippen LogP contribution in [0.2, 0.25) is 0 Å². The van der Waals surface area contributed by atoms with E-state index in [2.05, 4.69) is 0 Å². The van der Waals surface area contributed by atoms with Crippen molar-refractivity contribution in [3.8, 4) is 0 Å². The van der Waals surface area contributed by atoms with Gasteiger partial charge in [-0.1, -0.05) is 0 Å². The average Bonchev–Trinajstić information content (AvgIpc) is 2.42. The van der Waals surface area contributed by atoms with E-state index < -0.39 is 35.8 Å². The standard InChI is InChI=1S/3C4H4O4.Ce/c3*5-3(6)1-2-4(7)8;/h3*1-2H,(H,5,6)(H,7,8);/q;;;+3/p-3/b2*2-1+;2-1-;. The van der Waals surface area contributed by atoms with Crippen LogP contribution in [0.15, 0.2) is 36.5 Å². The first-order chi connectivity index (χ1) is 10.9. The summed E-state index contributed by atoms with van der Waals surface area (Å²) < 4.78 is 0. The van der Waals surface area contributed by atoms with Crippen LogP contribution in [0.3, 0.4) is 0 Å². The van der Waals surface area contributed by atoms with Gasteiger partial charge in [-0.25, -0.2) is 14.4 Å². The summed E-state index contributed by atoms with van der Waals surface area (Å²) >= 11 is 0. The van der Waals surface area contributed by atoms with E-state index in [4.69, 9.17) is 15.3 Å². The molecular weight excluding hydrogens is 476 g/mol. The molecule has 12 nitrogen and oxygen atoms in total. The van der Waals surface area contributed by atoms with Crippen molar-refractivity contribution in [2.24, 2.45) is 0 Å². The van der Waals surface area contributed by atoms with Gasteiger partial charge in [-0.2, -0.15) is 0 Å². The molecular formula is C12H9CeO12. The van der Waals surface area contributed by atoms with Gasteiger partial charge in [0.1, 0.15) is 0 Å². The molecule has 0 aromatic rings. The zero-order chi connectivity index (χ0) is 19.7. The van der Waals surface area contributed by atoms with Crippen LogP contribution >= 0.6 is 0 Å². The monoisotopic (exact) mass is 485 g/mol. The number of hydrogen-bond donors (Lipinski definition) is 3. The Morgan fingerprint density at radius 3 is 0.760 bits per heavy atom. The molecule has 1 radical (unpaired) electrons. The van der Waals surface area contributed by atoms with Crippen LogP contribution in [-0.4, -0.2) is 51.1 Å². The molecule has 3 N–H and O–H groups in total. The molecule has 0 aliphatic heterocycles. The van der Waals surface area contributed by atoms with Gasteiger partial charge in [0.15, 0.2) is 0 Å². The minimum absolute atomic E-state index is 0. The molecule has 0 fully saturated rings. The smallest absolute Gasteiger partial charge is 0.545 e. The van der Waals surface area contributed by atoms with Gasteiger partial charge in [0.05, 0.1) is 17.9 Å². The van der Waals surface area contributed by atoms with Crippen LogP contribution in [0.25, 0.3) is 0 Å². The third kappa shape index (κ3) is 52.4. The number of aliphatic carboxylic acids is 6. The van der Waals surface area contributed by atoms with Crippen molar-refractivity contribution in [1.82, 2.24) is 0 Å². The molecule has 0 aromatic carbocycles. The summed E-state index contributed by atoms with van der Waals surface area (Å²) in [5.74, 6) is -8.41. The Morgan fingerprint density at radius 1 is 0.480 bits per heavy atom. The van der Waals surface area contributed by atoms with Crippen LogP contribution in [-0.2, 0) is 28.8 Å². The second-order valence-corrected chi connectivity index (χ2v) is 2.97. The van der Waals surface area contributed by atoms with Crippen molar-refractivity contribution in [1.29, 1.82) is 0 Å². The number of carboxylic acid groups (broad SMARTS) is 6. The topological polar surface area (TPSA) is 232 Å². The third-order valence-electron chi connectivity index (χ3n) is 1.09. The maximum absolute atomic E-state index is 9.55. The van der Waals surface area contributed by atoms with Crippen molar-refractivity contribution >= 4 is 35.8 Å². The fourth-order valence-electron chi connectivity index (χ4n) is 0.418. The molecule has 25 heavy (non-hydrogen) atoms. The Labute approximate surface area is 172 Å². The summed E-state index contributed by atoms with van der Waals surface area (Å²) in [6, 6.07) is 0. The maximum Gasteiger partial charge on any atom is 3.00 e. The van der Waals surface area contributed by atoms with Crippen molar-refractivity contribution in [2.75, 3.05) is 0 Å². The van der Waals surface area contributed by atoms with E-state index in [0.717, 1.165) is 0 Å². The number of carbonyl (C=O) groups is 6. The van der Waals surface area contributed by atoms with E-state index in [-0.39, 0.29) is 41.7 Å². The van der Waals surface area contributed by atoms with Gasteiger partial charge < -0.3 is 45.0 Å². The van der Waals surface area contributed by atoms with Gasteiger partial charge >= 0.3 is 59.7 Å². The molecule has 0 aliphatic carbocycles. The van der Waals surface area contributed by atoms with Crippen LogP contribution in [0, 0.1) is 41.7 Å². The van der Waals surface area contributed by atoms with E-state index in [1.54, 1.807) is 0 Å². The van der Waals surface area contributed by atoms with E-state index in [1.165, 1.54) is 0 Å². The third-order valence-corrected chi connectivity index (χ3v) is 1.09. The largest absolute Gasteiger partial charge is 3.00 e. The first kappa shape index (κ1) is 30.3. The van der Waals surface area contributed by atoms with Crippen molar-refractivity contribution in [3.05, 3.63) is 36.5 Å². The predicted molar refractivity (Wildman–Crippen MR) is 65.3 cm³/mol. The van der Waals surface area contributed by atoms with E-state index in [0.29, 0.717) is 36.5 Å². The fourth-order valence-corrected chi connectivity index (χ4v) is 0.418. The summed E-state index contributed by atoms with van der Waals surface area (Å²) in [6.07, 6.45) is 2.83. The Hall–Kier alpha value is -2.58. The molecule has 0 saturated heterocycles. The molecule has 0 spiro atoms. The molecule has 0 saturated carbocycles. The minimum Gasteiger partial charge on any atom is -0.545 e. The first-order valence-electron chi connectivity index (χ1n) is 5.24. The van der Waals surface area contributed by atoms with Crippen molar-refractivity contribution in [3.63, 3.8) is 0 Å². The number of rotatable bonds is 6. The van der Waals surface area contributed by atoms with Gasteiger partial charge in [-0.05, 0) is 18.2 Å². The van der Waals surface area contributed by atoms with Crippen LogP contribution in [0.1, 0.15) is 0 Å². The Morgan fingerprint density at radius 2 is 0.640 bits per heavy atom. The maximum atomic E-state index is 9.55. The van der Waals surface area contributed by atoms with Gasteiger partial charge in [0.25, 0.3) is 0 Å². The predicted octanol–water partition coefficient (Wildman–Crippen LogP) is -4.87. The molecule has 0 rings (SSSR count). The molecule has 133 valence electrons. The number of carbonyl (C=O) groups excluding carboxylic acids is 3. The van der Waals surface area contributed by atoms with Gasteiger partial charge in [-0.3, -0.25) is 0 Å². The van der Waals surface area contributed by atoms with Crippen LogP contribution < -0.4 is 15.3 Å².